The molecule has 0 atom stereocenters. The lowest BCUT2D eigenvalue weighted by Gasteiger charge is -2.41. The number of rotatable bonds is 5. The molecule has 2 aromatic rings. The summed E-state index contributed by atoms with van der Waals surface area (Å²) in [5.41, 5.74) is 1.82. The van der Waals surface area contributed by atoms with E-state index in [0.29, 0.717) is 28.5 Å². The minimum absolute atomic E-state index is 0.0857. The molecular weight excluding hydrogens is 421 g/mol. The van der Waals surface area contributed by atoms with Crippen molar-refractivity contribution in [2.75, 3.05) is 7.11 Å². The first-order valence-electron chi connectivity index (χ1n) is 10.1. The van der Waals surface area contributed by atoms with Crippen LogP contribution in [0, 0.1) is 5.41 Å². The fourth-order valence-corrected chi connectivity index (χ4v) is 4.26. The Morgan fingerprint density at radius 3 is 2.17 bits per heavy atom. The van der Waals surface area contributed by atoms with E-state index < -0.39 is 5.54 Å². The molecule has 1 saturated carbocycles. The lowest BCUT2D eigenvalue weighted by molar-refractivity contribution is -0.153. The van der Waals surface area contributed by atoms with Gasteiger partial charge in [-0.1, -0.05) is 55.2 Å². The quantitative estimate of drug-likeness (QED) is 0.586. The van der Waals surface area contributed by atoms with Crippen molar-refractivity contribution in [2.45, 2.75) is 51.5 Å². The predicted molar refractivity (Wildman–Crippen MR) is 121 cm³/mol. The van der Waals surface area contributed by atoms with Crippen LogP contribution < -0.4 is 5.32 Å². The van der Waals surface area contributed by atoms with Crippen LogP contribution >= 0.6 is 23.2 Å². The van der Waals surface area contributed by atoms with Crippen LogP contribution in [0.2, 0.25) is 10.0 Å². The molecule has 1 amide bonds. The standard InChI is InChI=1S/C24H27Cl2NO3/c1-23(2)10-12-24(13-11-23,22(29)30-3)27-21(28)15-18-14-17(6-9-20(18)26)16-4-7-19(25)8-5-16/h4-9,14H,10-13,15H2,1-3H3,(H,27,28). The molecule has 6 heteroatoms. The molecule has 1 fully saturated rings. The molecule has 0 saturated heterocycles. The summed E-state index contributed by atoms with van der Waals surface area (Å²) >= 11 is 12.3. The van der Waals surface area contributed by atoms with Crippen LogP contribution in [0.3, 0.4) is 0 Å². The number of benzene rings is 2. The van der Waals surface area contributed by atoms with E-state index in [4.69, 9.17) is 27.9 Å². The summed E-state index contributed by atoms with van der Waals surface area (Å²) in [6.45, 7) is 4.36. The molecule has 1 N–H and O–H groups in total. The lowest BCUT2D eigenvalue weighted by Crippen LogP contribution is -2.58. The Kier molecular flexibility index (Phi) is 6.78. The van der Waals surface area contributed by atoms with Crippen LogP contribution in [0.15, 0.2) is 42.5 Å². The largest absolute Gasteiger partial charge is 0.467 e. The van der Waals surface area contributed by atoms with Gasteiger partial charge < -0.3 is 10.1 Å². The van der Waals surface area contributed by atoms with Crippen LogP contribution in [-0.2, 0) is 20.7 Å². The summed E-state index contributed by atoms with van der Waals surface area (Å²) < 4.78 is 5.03. The molecule has 0 unspecified atom stereocenters. The summed E-state index contributed by atoms with van der Waals surface area (Å²) in [7, 11) is 1.36. The van der Waals surface area contributed by atoms with Crippen molar-refractivity contribution < 1.29 is 14.3 Å². The molecule has 0 heterocycles. The Hall–Kier alpha value is -2.04. The van der Waals surface area contributed by atoms with E-state index in [9.17, 15) is 9.59 Å². The molecule has 1 aliphatic rings. The SMILES string of the molecule is COC(=O)C1(NC(=O)Cc2cc(-c3ccc(Cl)cc3)ccc2Cl)CCC(C)(C)CC1. The highest BCUT2D eigenvalue weighted by molar-refractivity contribution is 6.31. The summed E-state index contributed by atoms with van der Waals surface area (Å²) in [6.07, 6.45) is 2.90. The van der Waals surface area contributed by atoms with E-state index in [0.717, 1.165) is 24.0 Å². The number of nitrogens with one attached hydrogen (secondary N) is 1. The number of esters is 1. The van der Waals surface area contributed by atoms with E-state index in [1.807, 2.05) is 36.4 Å². The van der Waals surface area contributed by atoms with Gasteiger partial charge in [-0.15, -0.1) is 0 Å². The fourth-order valence-electron chi connectivity index (χ4n) is 3.95. The van der Waals surface area contributed by atoms with Crippen LogP contribution in [0.25, 0.3) is 11.1 Å². The van der Waals surface area contributed by atoms with Crippen molar-refractivity contribution in [3.63, 3.8) is 0 Å². The number of amides is 1. The third kappa shape index (κ3) is 5.16. The zero-order chi connectivity index (χ0) is 21.9. The Morgan fingerprint density at radius 1 is 0.967 bits per heavy atom. The zero-order valence-corrected chi connectivity index (χ0v) is 19.1. The van der Waals surface area contributed by atoms with Gasteiger partial charge in [-0.25, -0.2) is 4.79 Å². The minimum Gasteiger partial charge on any atom is -0.467 e. The van der Waals surface area contributed by atoms with Crippen LogP contribution in [0.4, 0.5) is 0 Å². The third-order valence-corrected chi connectivity index (χ3v) is 6.61. The number of halogens is 2. The molecule has 0 radical (unpaired) electrons. The molecule has 0 spiro atoms. The Morgan fingerprint density at radius 2 is 1.57 bits per heavy atom. The first-order valence-corrected chi connectivity index (χ1v) is 10.8. The van der Waals surface area contributed by atoms with Gasteiger partial charge in [0.1, 0.15) is 5.54 Å². The van der Waals surface area contributed by atoms with E-state index >= 15 is 0 Å². The molecule has 3 rings (SSSR count). The molecule has 1 aliphatic carbocycles. The van der Waals surface area contributed by atoms with Crippen molar-refractivity contribution >= 4 is 35.1 Å². The third-order valence-electron chi connectivity index (χ3n) is 5.99. The number of hydrogen-bond donors (Lipinski definition) is 1. The van der Waals surface area contributed by atoms with Gasteiger partial charge in [0.15, 0.2) is 0 Å². The number of carbonyl (C=O) groups is 2. The molecule has 0 bridgehead atoms. The van der Waals surface area contributed by atoms with Gasteiger partial charge in [0.2, 0.25) is 5.91 Å². The average molecular weight is 448 g/mol. The summed E-state index contributed by atoms with van der Waals surface area (Å²) in [4.78, 5) is 25.5. The molecular formula is C24H27Cl2NO3. The summed E-state index contributed by atoms with van der Waals surface area (Å²) in [5, 5.41) is 4.15. The number of carbonyl (C=O) groups excluding carboxylic acids is 2. The van der Waals surface area contributed by atoms with Crippen molar-refractivity contribution in [3.05, 3.63) is 58.1 Å². The molecule has 0 aliphatic heterocycles. The molecule has 4 nitrogen and oxygen atoms in total. The Labute approximate surface area is 187 Å². The van der Waals surface area contributed by atoms with E-state index in [2.05, 4.69) is 19.2 Å². The van der Waals surface area contributed by atoms with Crippen molar-refractivity contribution in [3.8, 4) is 11.1 Å². The molecule has 30 heavy (non-hydrogen) atoms. The second kappa shape index (κ2) is 8.99. The fraction of sp³-hybridized carbons (Fsp3) is 0.417. The van der Waals surface area contributed by atoms with Gasteiger partial charge >= 0.3 is 5.97 Å². The minimum atomic E-state index is -0.971. The first-order chi connectivity index (χ1) is 14.1. The van der Waals surface area contributed by atoms with Gasteiger partial charge in [-0.05, 0) is 72.1 Å². The van der Waals surface area contributed by atoms with Crippen LogP contribution in [0.5, 0.6) is 0 Å². The molecule has 160 valence electrons. The van der Waals surface area contributed by atoms with Crippen LogP contribution in [0.1, 0.15) is 45.1 Å². The predicted octanol–water partition coefficient (Wildman–Crippen LogP) is 5.83. The highest BCUT2D eigenvalue weighted by atomic mass is 35.5. The Balaban J connectivity index is 1.78. The first kappa shape index (κ1) is 22.6. The number of methoxy groups -OCH3 is 1. The lowest BCUT2D eigenvalue weighted by atomic mass is 9.69. The highest BCUT2D eigenvalue weighted by Crippen LogP contribution is 2.41. The summed E-state index contributed by atoms with van der Waals surface area (Å²) in [6, 6.07) is 13.1. The Bertz CT molecular complexity index is 928. The molecule has 0 aromatic heterocycles. The van der Waals surface area contributed by atoms with Gasteiger partial charge in [0.25, 0.3) is 0 Å². The maximum Gasteiger partial charge on any atom is 0.331 e. The number of hydrogen-bond acceptors (Lipinski definition) is 3. The monoisotopic (exact) mass is 447 g/mol. The van der Waals surface area contributed by atoms with Gasteiger partial charge in [0.05, 0.1) is 13.5 Å². The van der Waals surface area contributed by atoms with Crippen LogP contribution in [-0.4, -0.2) is 24.5 Å². The van der Waals surface area contributed by atoms with Crippen molar-refractivity contribution in [1.29, 1.82) is 0 Å². The van der Waals surface area contributed by atoms with Crippen molar-refractivity contribution in [2.24, 2.45) is 5.41 Å². The smallest absolute Gasteiger partial charge is 0.331 e. The topological polar surface area (TPSA) is 55.4 Å². The van der Waals surface area contributed by atoms with E-state index in [1.165, 1.54) is 7.11 Å². The van der Waals surface area contributed by atoms with E-state index in [1.54, 1.807) is 6.07 Å². The molecule has 2 aromatic carbocycles. The van der Waals surface area contributed by atoms with Gasteiger partial charge in [-0.3, -0.25) is 4.79 Å². The maximum absolute atomic E-state index is 12.9. The normalized spacial score (nSPS) is 17.2. The van der Waals surface area contributed by atoms with Crippen molar-refractivity contribution in [1.82, 2.24) is 5.32 Å². The summed E-state index contributed by atoms with van der Waals surface area (Å²) in [5.74, 6) is -0.623. The highest BCUT2D eigenvalue weighted by Gasteiger charge is 2.46. The second-order valence-electron chi connectivity index (χ2n) is 8.78. The van der Waals surface area contributed by atoms with E-state index in [-0.39, 0.29) is 23.7 Å². The number of ether oxygens (including phenoxy) is 1. The van der Waals surface area contributed by atoms with Gasteiger partial charge in [0, 0.05) is 10.0 Å². The maximum atomic E-state index is 12.9. The second-order valence-corrected chi connectivity index (χ2v) is 9.62. The average Bonchev–Trinajstić information content (AvgIpc) is 2.71. The van der Waals surface area contributed by atoms with Gasteiger partial charge in [-0.2, -0.15) is 0 Å². The zero-order valence-electron chi connectivity index (χ0n) is 17.6.